The van der Waals surface area contributed by atoms with E-state index in [0.29, 0.717) is 18.5 Å². The van der Waals surface area contributed by atoms with Gasteiger partial charge in [0.15, 0.2) is 0 Å². The second kappa shape index (κ2) is 7.21. The quantitative estimate of drug-likeness (QED) is 0.675. The first-order valence-corrected chi connectivity index (χ1v) is 8.26. The zero-order valence-corrected chi connectivity index (χ0v) is 13.2. The summed E-state index contributed by atoms with van der Waals surface area (Å²) in [5.74, 6) is 1.26. The molecule has 2 fully saturated rings. The van der Waals surface area contributed by atoms with Crippen molar-refractivity contribution in [2.24, 2.45) is 17.6 Å². The van der Waals surface area contributed by atoms with Gasteiger partial charge < -0.3 is 15.6 Å². The lowest BCUT2D eigenvalue weighted by Gasteiger charge is -2.33. The highest BCUT2D eigenvalue weighted by atomic mass is 16.5. The largest absolute Gasteiger partial charge is 0.388 e. The van der Waals surface area contributed by atoms with Crippen LogP contribution >= 0.6 is 0 Å². The maximum atomic E-state index is 10.5. The van der Waals surface area contributed by atoms with E-state index in [2.05, 4.69) is 11.8 Å². The van der Waals surface area contributed by atoms with Crippen LogP contribution in [-0.4, -0.2) is 55.0 Å². The zero-order chi connectivity index (χ0) is 14.6. The lowest BCUT2D eigenvalue weighted by atomic mass is 9.88. The van der Waals surface area contributed by atoms with Crippen LogP contribution in [0, 0.1) is 11.8 Å². The number of nitrogens with two attached hydrogens (primary N) is 1. The van der Waals surface area contributed by atoms with E-state index in [-0.39, 0.29) is 0 Å². The molecule has 2 aliphatic rings. The van der Waals surface area contributed by atoms with Crippen LogP contribution in [0.15, 0.2) is 0 Å². The first-order chi connectivity index (χ1) is 9.60. The van der Waals surface area contributed by atoms with Gasteiger partial charge in [0.1, 0.15) is 0 Å². The summed E-state index contributed by atoms with van der Waals surface area (Å²) in [6.07, 6.45) is 6.94. The van der Waals surface area contributed by atoms with E-state index in [1.165, 1.54) is 12.8 Å². The highest BCUT2D eigenvalue weighted by Crippen LogP contribution is 2.38. The van der Waals surface area contributed by atoms with Crippen molar-refractivity contribution in [3.8, 4) is 0 Å². The third-order valence-electron chi connectivity index (χ3n) is 5.50. The Hall–Kier alpha value is -0.160. The van der Waals surface area contributed by atoms with E-state index >= 15 is 0 Å². The second-order valence-corrected chi connectivity index (χ2v) is 6.79. The normalized spacial score (nSPS) is 31.9. The Balaban J connectivity index is 1.84. The maximum Gasteiger partial charge on any atom is 0.0797 e. The molecule has 3 N–H and O–H groups in total. The summed E-state index contributed by atoms with van der Waals surface area (Å²) in [5, 5.41) is 10.5. The number of hydrogen-bond donors (Lipinski definition) is 2. The van der Waals surface area contributed by atoms with Crippen LogP contribution in [0.1, 0.15) is 45.4 Å². The van der Waals surface area contributed by atoms with E-state index in [1.54, 1.807) is 7.11 Å². The number of rotatable bonds is 9. The van der Waals surface area contributed by atoms with Crippen molar-refractivity contribution in [3.63, 3.8) is 0 Å². The standard InChI is InChI=1S/C16H32N2O2/c1-13(14-5-6-14)18(10-11-20-2)9-7-15-4-3-8-16(15,19)12-17/h13-15,19H,3-12,17H2,1-2H3. The molecule has 4 heteroatoms. The predicted molar refractivity (Wildman–Crippen MR) is 81.6 cm³/mol. The fourth-order valence-corrected chi connectivity index (χ4v) is 3.74. The summed E-state index contributed by atoms with van der Waals surface area (Å²) >= 11 is 0. The van der Waals surface area contributed by atoms with Crippen LogP contribution in [0.3, 0.4) is 0 Å². The fraction of sp³-hybridized carbons (Fsp3) is 1.00. The van der Waals surface area contributed by atoms with Crippen LogP contribution in [-0.2, 0) is 4.74 Å². The average molecular weight is 284 g/mol. The van der Waals surface area contributed by atoms with E-state index in [4.69, 9.17) is 10.5 Å². The van der Waals surface area contributed by atoms with Gasteiger partial charge in [0, 0.05) is 26.2 Å². The van der Waals surface area contributed by atoms with Gasteiger partial charge in [0.2, 0.25) is 0 Å². The second-order valence-electron chi connectivity index (χ2n) is 6.79. The van der Waals surface area contributed by atoms with Crippen LogP contribution in [0.25, 0.3) is 0 Å². The highest BCUT2D eigenvalue weighted by molar-refractivity contribution is 4.94. The minimum Gasteiger partial charge on any atom is -0.388 e. The summed E-state index contributed by atoms with van der Waals surface area (Å²) in [7, 11) is 1.77. The molecule has 2 aliphatic carbocycles. The predicted octanol–water partition coefficient (Wildman–Crippen LogP) is 1.61. The Labute approximate surface area is 123 Å². The van der Waals surface area contributed by atoms with Crippen molar-refractivity contribution in [3.05, 3.63) is 0 Å². The van der Waals surface area contributed by atoms with Crippen LogP contribution < -0.4 is 5.73 Å². The Kier molecular flexibility index (Phi) is 5.84. The molecule has 2 saturated carbocycles. The van der Waals surface area contributed by atoms with Crippen LogP contribution in [0.4, 0.5) is 0 Å². The van der Waals surface area contributed by atoms with E-state index < -0.39 is 5.60 Å². The molecule has 20 heavy (non-hydrogen) atoms. The van der Waals surface area contributed by atoms with Crippen molar-refractivity contribution in [2.75, 3.05) is 33.4 Å². The molecule has 3 atom stereocenters. The smallest absolute Gasteiger partial charge is 0.0797 e. The number of hydrogen-bond acceptors (Lipinski definition) is 4. The molecular weight excluding hydrogens is 252 g/mol. The molecule has 0 spiro atoms. The molecule has 0 saturated heterocycles. The van der Waals surface area contributed by atoms with Gasteiger partial charge in [-0.2, -0.15) is 0 Å². The van der Waals surface area contributed by atoms with Crippen molar-refractivity contribution >= 4 is 0 Å². The molecule has 0 heterocycles. The summed E-state index contributed by atoms with van der Waals surface area (Å²) in [4.78, 5) is 2.55. The molecule has 0 aliphatic heterocycles. The lowest BCUT2D eigenvalue weighted by Crippen LogP contribution is -2.44. The topological polar surface area (TPSA) is 58.7 Å². The zero-order valence-electron chi connectivity index (χ0n) is 13.2. The van der Waals surface area contributed by atoms with Crippen LogP contribution in [0.5, 0.6) is 0 Å². The average Bonchev–Trinajstić information content (AvgIpc) is 3.23. The van der Waals surface area contributed by atoms with Crippen LogP contribution in [0.2, 0.25) is 0 Å². The minimum atomic E-state index is -0.601. The van der Waals surface area contributed by atoms with Gasteiger partial charge in [0.25, 0.3) is 0 Å². The first-order valence-electron chi connectivity index (χ1n) is 8.26. The van der Waals surface area contributed by atoms with Gasteiger partial charge in [0.05, 0.1) is 12.2 Å². The van der Waals surface area contributed by atoms with Gasteiger partial charge >= 0.3 is 0 Å². The summed E-state index contributed by atoms with van der Waals surface area (Å²) in [6.45, 7) is 5.61. The van der Waals surface area contributed by atoms with E-state index in [0.717, 1.165) is 51.3 Å². The molecule has 3 unspecified atom stereocenters. The molecule has 0 amide bonds. The number of ether oxygens (including phenoxy) is 1. The first kappa shape index (κ1) is 16.2. The van der Waals surface area contributed by atoms with Gasteiger partial charge in [-0.25, -0.2) is 0 Å². The number of aliphatic hydroxyl groups is 1. The summed E-state index contributed by atoms with van der Waals surface area (Å²) in [6, 6.07) is 0.650. The van der Waals surface area contributed by atoms with Gasteiger partial charge in [-0.1, -0.05) is 6.42 Å². The summed E-state index contributed by atoms with van der Waals surface area (Å²) < 4.78 is 5.25. The SMILES string of the molecule is COCCN(CCC1CCCC1(O)CN)C(C)C1CC1. The van der Waals surface area contributed by atoms with Crippen molar-refractivity contribution in [1.82, 2.24) is 4.90 Å². The molecular formula is C16H32N2O2. The Morgan fingerprint density at radius 2 is 2.10 bits per heavy atom. The molecule has 4 nitrogen and oxygen atoms in total. The monoisotopic (exact) mass is 284 g/mol. The Morgan fingerprint density at radius 1 is 1.35 bits per heavy atom. The maximum absolute atomic E-state index is 10.5. The van der Waals surface area contributed by atoms with Crippen molar-refractivity contribution in [2.45, 2.75) is 57.1 Å². The molecule has 118 valence electrons. The summed E-state index contributed by atoms with van der Waals surface area (Å²) in [5.41, 5.74) is 5.18. The Bertz CT molecular complexity index is 296. The molecule has 0 aromatic rings. The highest BCUT2D eigenvalue weighted by Gasteiger charge is 2.40. The molecule has 0 aromatic heterocycles. The van der Waals surface area contributed by atoms with Crippen molar-refractivity contribution in [1.29, 1.82) is 0 Å². The number of methoxy groups -OCH3 is 1. The van der Waals surface area contributed by atoms with Gasteiger partial charge in [-0.05, 0) is 57.4 Å². The molecule has 0 radical (unpaired) electrons. The van der Waals surface area contributed by atoms with Gasteiger partial charge in [-0.15, -0.1) is 0 Å². The Morgan fingerprint density at radius 3 is 2.70 bits per heavy atom. The third-order valence-corrected chi connectivity index (χ3v) is 5.50. The number of nitrogens with zero attached hydrogens (tertiary/aromatic N) is 1. The lowest BCUT2D eigenvalue weighted by molar-refractivity contribution is 0.00155. The van der Waals surface area contributed by atoms with Gasteiger partial charge in [-0.3, -0.25) is 4.90 Å². The fourth-order valence-electron chi connectivity index (χ4n) is 3.74. The molecule has 0 aromatic carbocycles. The third kappa shape index (κ3) is 3.94. The van der Waals surface area contributed by atoms with Crippen molar-refractivity contribution < 1.29 is 9.84 Å². The van der Waals surface area contributed by atoms with E-state index in [1.807, 2.05) is 0 Å². The van der Waals surface area contributed by atoms with E-state index in [9.17, 15) is 5.11 Å². The molecule has 2 rings (SSSR count). The minimum absolute atomic E-state index is 0.379. The molecule has 0 bridgehead atoms.